The molecule has 4 rings (SSSR count). The highest BCUT2D eigenvalue weighted by molar-refractivity contribution is 5.79. The van der Waals surface area contributed by atoms with Crippen LogP contribution in [-0.4, -0.2) is 27.8 Å². The van der Waals surface area contributed by atoms with Crippen LogP contribution in [0.2, 0.25) is 0 Å². The number of rotatable bonds is 3. The number of aromatic nitrogens is 3. The van der Waals surface area contributed by atoms with E-state index in [-0.39, 0.29) is 12.5 Å². The molecule has 2 aromatic heterocycles. The molecule has 1 N–H and O–H groups in total. The van der Waals surface area contributed by atoms with E-state index in [1.54, 1.807) is 30.4 Å². The fourth-order valence-corrected chi connectivity index (χ4v) is 3.32. The second-order valence-electron chi connectivity index (χ2n) is 6.24. The average Bonchev–Trinajstić information content (AvgIpc) is 3.11. The van der Waals surface area contributed by atoms with Crippen LogP contribution in [-0.2, 0) is 16.9 Å². The van der Waals surface area contributed by atoms with Crippen molar-refractivity contribution in [1.82, 2.24) is 20.1 Å². The van der Waals surface area contributed by atoms with Crippen molar-refractivity contribution in [2.75, 3.05) is 7.11 Å². The smallest absolute Gasteiger partial charge is 0.242 e. The maximum absolute atomic E-state index is 12.2. The molecule has 0 aliphatic carbocycles. The van der Waals surface area contributed by atoms with Gasteiger partial charge in [-0.3, -0.25) is 14.5 Å². The summed E-state index contributed by atoms with van der Waals surface area (Å²) >= 11 is 0. The van der Waals surface area contributed by atoms with E-state index in [9.17, 15) is 4.79 Å². The summed E-state index contributed by atoms with van der Waals surface area (Å²) in [5.74, 6) is 0.658. The first-order valence-corrected chi connectivity index (χ1v) is 8.03. The number of hydrogen-bond acceptors (Lipinski definition) is 4. The van der Waals surface area contributed by atoms with Crippen LogP contribution in [0.5, 0.6) is 5.75 Å². The summed E-state index contributed by atoms with van der Waals surface area (Å²) in [5, 5.41) is 7.37. The highest BCUT2D eigenvalue weighted by Crippen LogP contribution is 2.34. The molecule has 0 radical (unpaired) electrons. The van der Waals surface area contributed by atoms with Crippen LogP contribution in [0, 0.1) is 0 Å². The molecule has 0 fully saturated rings. The lowest BCUT2D eigenvalue weighted by molar-refractivity contribution is -0.124. The van der Waals surface area contributed by atoms with Gasteiger partial charge in [-0.05, 0) is 36.2 Å². The molecule has 0 bridgehead atoms. The third kappa shape index (κ3) is 2.55. The van der Waals surface area contributed by atoms with Gasteiger partial charge in [0, 0.05) is 18.0 Å². The molecule has 3 aromatic rings. The van der Waals surface area contributed by atoms with Gasteiger partial charge in [-0.2, -0.15) is 5.10 Å². The minimum Gasteiger partial charge on any atom is -0.495 e. The van der Waals surface area contributed by atoms with Gasteiger partial charge >= 0.3 is 0 Å². The van der Waals surface area contributed by atoms with Crippen molar-refractivity contribution < 1.29 is 9.53 Å². The van der Waals surface area contributed by atoms with E-state index in [4.69, 9.17) is 4.74 Å². The van der Waals surface area contributed by atoms with Crippen LogP contribution in [0.4, 0.5) is 0 Å². The molecule has 0 saturated heterocycles. The van der Waals surface area contributed by atoms with Crippen molar-refractivity contribution in [1.29, 1.82) is 0 Å². The summed E-state index contributed by atoms with van der Waals surface area (Å²) in [6, 6.07) is 12.0. The van der Waals surface area contributed by atoms with E-state index in [0.29, 0.717) is 5.75 Å². The fourth-order valence-electron chi connectivity index (χ4n) is 3.32. The van der Waals surface area contributed by atoms with Crippen LogP contribution in [0.15, 0.2) is 55.0 Å². The SMILES string of the molecule is COc1cncc(-c2cccc(C3(C)NC(=O)Cn4nccc43)c2)c1. The zero-order valence-electron chi connectivity index (χ0n) is 14.1. The van der Waals surface area contributed by atoms with E-state index >= 15 is 0 Å². The summed E-state index contributed by atoms with van der Waals surface area (Å²) in [6.07, 6.45) is 5.20. The third-order valence-corrected chi connectivity index (χ3v) is 4.63. The normalized spacial score (nSPS) is 19.2. The first-order valence-electron chi connectivity index (χ1n) is 8.03. The maximum atomic E-state index is 12.2. The molecule has 1 amide bonds. The molecule has 1 unspecified atom stereocenters. The molecule has 1 atom stereocenters. The predicted molar refractivity (Wildman–Crippen MR) is 93.0 cm³/mol. The number of ether oxygens (including phenoxy) is 1. The summed E-state index contributed by atoms with van der Waals surface area (Å²) in [7, 11) is 1.62. The van der Waals surface area contributed by atoms with Crippen molar-refractivity contribution >= 4 is 5.91 Å². The first-order chi connectivity index (χ1) is 12.1. The second kappa shape index (κ2) is 5.73. The average molecular weight is 334 g/mol. The Morgan fingerprint density at radius 2 is 2.08 bits per heavy atom. The number of pyridine rings is 1. The van der Waals surface area contributed by atoms with Crippen LogP contribution >= 0.6 is 0 Å². The van der Waals surface area contributed by atoms with Crippen LogP contribution in [0.1, 0.15) is 18.2 Å². The standard InChI is InChI=1S/C19H18N4O2/c1-19(17-6-7-21-23(17)12-18(24)22-19)15-5-3-4-13(8-15)14-9-16(25-2)11-20-10-14/h3-11H,12H2,1-2H3,(H,22,24). The van der Waals surface area contributed by atoms with Gasteiger partial charge in [0.2, 0.25) is 5.91 Å². The molecular weight excluding hydrogens is 316 g/mol. The number of nitrogens with zero attached hydrogens (tertiary/aromatic N) is 3. The van der Waals surface area contributed by atoms with Crippen molar-refractivity contribution in [2.45, 2.75) is 19.0 Å². The number of fused-ring (bicyclic) bond motifs is 1. The number of carbonyl (C=O) groups excluding carboxylic acids is 1. The van der Waals surface area contributed by atoms with Crippen molar-refractivity contribution in [3.8, 4) is 16.9 Å². The highest BCUT2D eigenvalue weighted by Gasteiger charge is 2.37. The van der Waals surface area contributed by atoms with Crippen LogP contribution < -0.4 is 10.1 Å². The number of hydrogen-bond donors (Lipinski definition) is 1. The number of nitrogens with one attached hydrogen (secondary N) is 1. The highest BCUT2D eigenvalue weighted by atomic mass is 16.5. The Labute approximate surface area is 145 Å². The van der Waals surface area contributed by atoms with E-state index in [2.05, 4.69) is 21.5 Å². The lowest BCUT2D eigenvalue weighted by Gasteiger charge is -2.36. The van der Waals surface area contributed by atoms with Gasteiger partial charge in [-0.1, -0.05) is 18.2 Å². The summed E-state index contributed by atoms with van der Waals surface area (Å²) in [5.41, 5.74) is 3.29. The van der Waals surface area contributed by atoms with E-state index in [1.165, 1.54) is 0 Å². The monoisotopic (exact) mass is 334 g/mol. The third-order valence-electron chi connectivity index (χ3n) is 4.63. The molecule has 126 valence electrons. The number of carbonyl (C=O) groups is 1. The van der Waals surface area contributed by atoms with Gasteiger partial charge in [0.05, 0.1) is 19.0 Å². The Bertz CT molecular complexity index is 950. The van der Waals surface area contributed by atoms with E-state index < -0.39 is 5.54 Å². The topological polar surface area (TPSA) is 69.0 Å². The zero-order chi connectivity index (χ0) is 17.4. The van der Waals surface area contributed by atoms with Gasteiger partial charge in [0.25, 0.3) is 0 Å². The molecule has 6 heteroatoms. The molecule has 1 aliphatic rings. The lowest BCUT2D eigenvalue weighted by atomic mass is 9.85. The largest absolute Gasteiger partial charge is 0.495 e. The van der Waals surface area contributed by atoms with Gasteiger partial charge in [-0.15, -0.1) is 0 Å². The first kappa shape index (κ1) is 15.4. The van der Waals surface area contributed by atoms with Crippen molar-refractivity contribution in [2.24, 2.45) is 0 Å². The predicted octanol–water partition coefficient (Wildman–Crippen LogP) is 2.35. The van der Waals surface area contributed by atoms with Gasteiger partial charge in [0.1, 0.15) is 17.8 Å². The molecule has 3 heterocycles. The zero-order valence-corrected chi connectivity index (χ0v) is 14.1. The summed E-state index contributed by atoms with van der Waals surface area (Å²) in [4.78, 5) is 16.4. The second-order valence-corrected chi connectivity index (χ2v) is 6.24. The molecular formula is C19H18N4O2. The number of methoxy groups -OCH3 is 1. The Balaban J connectivity index is 1.81. The minimum atomic E-state index is -0.631. The molecule has 0 spiro atoms. The van der Waals surface area contributed by atoms with Gasteiger partial charge < -0.3 is 10.1 Å². The van der Waals surface area contributed by atoms with Gasteiger partial charge in [-0.25, -0.2) is 0 Å². The van der Waals surface area contributed by atoms with E-state index in [0.717, 1.165) is 22.4 Å². The Morgan fingerprint density at radius 3 is 2.92 bits per heavy atom. The molecule has 1 aromatic carbocycles. The Morgan fingerprint density at radius 1 is 1.20 bits per heavy atom. The number of benzene rings is 1. The van der Waals surface area contributed by atoms with Gasteiger partial charge in [0.15, 0.2) is 0 Å². The quantitative estimate of drug-likeness (QED) is 0.798. The molecule has 6 nitrogen and oxygen atoms in total. The molecule has 1 aliphatic heterocycles. The molecule has 25 heavy (non-hydrogen) atoms. The van der Waals surface area contributed by atoms with Crippen LogP contribution in [0.3, 0.4) is 0 Å². The number of amides is 1. The summed E-state index contributed by atoms with van der Waals surface area (Å²) < 4.78 is 7.01. The fraction of sp³-hybridized carbons (Fsp3) is 0.211. The van der Waals surface area contributed by atoms with Crippen LogP contribution in [0.25, 0.3) is 11.1 Å². The summed E-state index contributed by atoms with van der Waals surface area (Å²) in [6.45, 7) is 2.25. The Kier molecular flexibility index (Phi) is 3.53. The minimum absolute atomic E-state index is 0.0489. The van der Waals surface area contributed by atoms with Crippen molar-refractivity contribution in [3.05, 3.63) is 66.2 Å². The Hall–Kier alpha value is -3.15. The maximum Gasteiger partial charge on any atom is 0.242 e. The van der Waals surface area contributed by atoms with E-state index in [1.807, 2.05) is 37.3 Å². The van der Waals surface area contributed by atoms with Crippen molar-refractivity contribution in [3.63, 3.8) is 0 Å². The lowest BCUT2D eigenvalue weighted by Crippen LogP contribution is -2.51. The molecule has 0 saturated carbocycles.